The Balaban J connectivity index is 0. The highest BCUT2D eigenvalue weighted by atomic mass is 19.1. The van der Waals surface area contributed by atoms with Crippen LogP contribution in [-0.2, 0) is 0 Å². The molecule has 0 spiro atoms. The van der Waals surface area contributed by atoms with Crippen LogP contribution in [0.5, 0.6) is 0 Å². The van der Waals surface area contributed by atoms with Crippen molar-refractivity contribution in [2.24, 2.45) is 0 Å². The molecule has 0 N–H and O–H groups in total. The van der Waals surface area contributed by atoms with Gasteiger partial charge in [0.25, 0.3) is 0 Å². The van der Waals surface area contributed by atoms with E-state index in [9.17, 15) is 4.39 Å². The molecular formula is C13H23F. The van der Waals surface area contributed by atoms with Crippen LogP contribution in [0.25, 0.3) is 0 Å². The van der Waals surface area contributed by atoms with Crippen LogP contribution in [0.4, 0.5) is 4.39 Å². The van der Waals surface area contributed by atoms with Crippen molar-refractivity contribution in [1.82, 2.24) is 0 Å². The molecule has 0 saturated carbocycles. The first-order valence-electron chi connectivity index (χ1n) is 5.51. The number of unbranched alkanes of at least 4 members (excludes halogenated alkanes) is 2. The molecule has 0 amide bonds. The van der Waals surface area contributed by atoms with E-state index >= 15 is 0 Å². The van der Waals surface area contributed by atoms with Crippen molar-refractivity contribution in [3.63, 3.8) is 0 Å². The van der Waals surface area contributed by atoms with Crippen molar-refractivity contribution < 1.29 is 4.39 Å². The number of hydrogen-bond donors (Lipinski definition) is 0. The molecule has 1 rings (SSSR count). The lowest BCUT2D eigenvalue weighted by molar-refractivity contribution is 0.628. The Hall–Kier alpha value is -0.850. The molecule has 0 aliphatic rings. The third kappa shape index (κ3) is 13.7. The summed E-state index contributed by atoms with van der Waals surface area (Å²) in [6.07, 6.45) is 4.08. The Morgan fingerprint density at radius 3 is 1.50 bits per heavy atom. The Morgan fingerprint density at radius 1 is 0.929 bits per heavy atom. The second-order valence-corrected chi connectivity index (χ2v) is 2.65. The standard InChI is InChI=1S/C6H5F.C5H12.C2H6/c7-6-4-2-1-3-5-6;1-3-5-4-2;1-2/h1-5H;3-5H2,1-2H3;1-2H3. The second kappa shape index (κ2) is 14.7. The normalized spacial score (nSPS) is 7.79. The number of halogens is 1. The van der Waals surface area contributed by atoms with Crippen LogP contribution in [0.15, 0.2) is 30.3 Å². The topological polar surface area (TPSA) is 0 Å². The van der Waals surface area contributed by atoms with Gasteiger partial charge in [0.15, 0.2) is 0 Å². The molecule has 0 bridgehead atoms. The average Bonchev–Trinajstić information content (AvgIpc) is 2.24. The van der Waals surface area contributed by atoms with Crippen molar-refractivity contribution in [1.29, 1.82) is 0 Å². The van der Waals surface area contributed by atoms with Crippen LogP contribution in [0.1, 0.15) is 47.0 Å². The lowest BCUT2D eigenvalue weighted by atomic mass is 10.3. The Kier molecular flexibility index (Phi) is 16.4. The van der Waals surface area contributed by atoms with E-state index in [0.29, 0.717) is 0 Å². The van der Waals surface area contributed by atoms with Crippen molar-refractivity contribution in [2.45, 2.75) is 47.0 Å². The molecule has 0 aromatic heterocycles. The molecule has 0 aliphatic heterocycles. The molecule has 0 heterocycles. The minimum absolute atomic E-state index is 0.178. The van der Waals surface area contributed by atoms with Gasteiger partial charge in [-0.3, -0.25) is 0 Å². The van der Waals surface area contributed by atoms with Crippen molar-refractivity contribution in [2.75, 3.05) is 0 Å². The van der Waals surface area contributed by atoms with E-state index in [2.05, 4.69) is 13.8 Å². The van der Waals surface area contributed by atoms with Crippen molar-refractivity contribution in [3.8, 4) is 0 Å². The molecule has 1 aromatic carbocycles. The van der Waals surface area contributed by atoms with E-state index < -0.39 is 0 Å². The maximum atomic E-state index is 11.9. The maximum absolute atomic E-state index is 11.9. The van der Waals surface area contributed by atoms with E-state index in [1.54, 1.807) is 18.2 Å². The van der Waals surface area contributed by atoms with Gasteiger partial charge in [-0.05, 0) is 12.1 Å². The maximum Gasteiger partial charge on any atom is 0.123 e. The highest BCUT2D eigenvalue weighted by Crippen LogP contribution is 1.91. The van der Waals surface area contributed by atoms with Crippen LogP contribution >= 0.6 is 0 Å². The average molecular weight is 198 g/mol. The molecule has 0 unspecified atom stereocenters. The molecule has 82 valence electrons. The predicted octanol–water partition coefficient (Wildman–Crippen LogP) is 5.05. The zero-order valence-electron chi connectivity index (χ0n) is 9.89. The van der Waals surface area contributed by atoms with Crippen LogP contribution in [0.2, 0.25) is 0 Å². The number of rotatable bonds is 2. The minimum Gasteiger partial charge on any atom is -0.207 e. The number of benzene rings is 1. The molecular weight excluding hydrogens is 175 g/mol. The second-order valence-electron chi connectivity index (χ2n) is 2.65. The van der Waals surface area contributed by atoms with Crippen LogP contribution in [-0.4, -0.2) is 0 Å². The van der Waals surface area contributed by atoms with Gasteiger partial charge in [0.1, 0.15) is 5.82 Å². The predicted molar refractivity (Wildman–Crippen MR) is 62.9 cm³/mol. The molecule has 0 nitrogen and oxygen atoms in total. The lowest BCUT2D eigenvalue weighted by Crippen LogP contribution is -1.63. The van der Waals surface area contributed by atoms with Crippen LogP contribution < -0.4 is 0 Å². The summed E-state index contributed by atoms with van der Waals surface area (Å²) in [4.78, 5) is 0. The fraction of sp³-hybridized carbons (Fsp3) is 0.538. The number of hydrogen-bond acceptors (Lipinski definition) is 0. The van der Waals surface area contributed by atoms with E-state index in [-0.39, 0.29) is 5.82 Å². The molecule has 0 aliphatic carbocycles. The zero-order chi connectivity index (χ0) is 11.2. The summed E-state index contributed by atoms with van der Waals surface area (Å²) in [5.41, 5.74) is 0. The first-order chi connectivity index (χ1) is 6.81. The molecule has 1 aromatic rings. The summed E-state index contributed by atoms with van der Waals surface area (Å²) in [5, 5.41) is 0. The van der Waals surface area contributed by atoms with Gasteiger partial charge >= 0.3 is 0 Å². The summed E-state index contributed by atoms with van der Waals surface area (Å²) in [6, 6.07) is 7.94. The summed E-state index contributed by atoms with van der Waals surface area (Å²) in [7, 11) is 0. The van der Waals surface area contributed by atoms with Gasteiger partial charge in [0.05, 0.1) is 0 Å². The molecule has 0 atom stereocenters. The summed E-state index contributed by atoms with van der Waals surface area (Å²) in [5.74, 6) is -0.178. The quantitative estimate of drug-likeness (QED) is 0.624. The van der Waals surface area contributed by atoms with Crippen molar-refractivity contribution >= 4 is 0 Å². The molecule has 0 saturated heterocycles. The summed E-state index contributed by atoms with van der Waals surface area (Å²) in [6.45, 7) is 8.42. The van der Waals surface area contributed by atoms with E-state index in [4.69, 9.17) is 0 Å². The van der Waals surface area contributed by atoms with Gasteiger partial charge in [0, 0.05) is 0 Å². The van der Waals surface area contributed by atoms with Gasteiger partial charge in [0.2, 0.25) is 0 Å². The Bertz CT molecular complexity index is 168. The molecule has 14 heavy (non-hydrogen) atoms. The van der Waals surface area contributed by atoms with E-state index in [1.165, 1.54) is 31.4 Å². The Labute approximate surface area is 88.2 Å². The SMILES string of the molecule is CC.CCCCC.Fc1ccccc1. The molecule has 0 radical (unpaired) electrons. The van der Waals surface area contributed by atoms with Gasteiger partial charge in [-0.15, -0.1) is 0 Å². The third-order valence-electron chi connectivity index (χ3n) is 1.44. The van der Waals surface area contributed by atoms with Crippen molar-refractivity contribution in [3.05, 3.63) is 36.1 Å². The Morgan fingerprint density at radius 2 is 1.36 bits per heavy atom. The largest absolute Gasteiger partial charge is 0.207 e. The zero-order valence-corrected chi connectivity index (χ0v) is 9.89. The summed E-state index contributed by atoms with van der Waals surface area (Å²) < 4.78 is 11.9. The first kappa shape index (κ1) is 15.6. The highest BCUT2D eigenvalue weighted by molar-refractivity contribution is 5.02. The highest BCUT2D eigenvalue weighted by Gasteiger charge is 1.77. The van der Waals surface area contributed by atoms with E-state index in [0.717, 1.165) is 0 Å². The van der Waals surface area contributed by atoms with Gasteiger partial charge in [-0.1, -0.05) is 65.2 Å². The molecule has 1 heteroatoms. The van der Waals surface area contributed by atoms with Crippen LogP contribution in [0.3, 0.4) is 0 Å². The molecule has 0 fully saturated rings. The first-order valence-corrected chi connectivity index (χ1v) is 5.51. The smallest absolute Gasteiger partial charge is 0.123 e. The fourth-order valence-electron chi connectivity index (χ4n) is 0.768. The lowest BCUT2D eigenvalue weighted by Gasteiger charge is -1.79. The van der Waals surface area contributed by atoms with Gasteiger partial charge in [-0.25, -0.2) is 4.39 Å². The monoisotopic (exact) mass is 198 g/mol. The minimum atomic E-state index is -0.178. The van der Waals surface area contributed by atoms with E-state index in [1.807, 2.05) is 13.8 Å². The third-order valence-corrected chi connectivity index (χ3v) is 1.44. The van der Waals surface area contributed by atoms with Gasteiger partial charge in [-0.2, -0.15) is 0 Å². The van der Waals surface area contributed by atoms with Crippen LogP contribution in [0, 0.1) is 5.82 Å². The summed E-state index contributed by atoms with van der Waals surface area (Å²) >= 11 is 0. The van der Waals surface area contributed by atoms with Gasteiger partial charge < -0.3 is 0 Å². The fourth-order valence-corrected chi connectivity index (χ4v) is 0.768.